The number of aromatic nitrogens is 3. The van der Waals surface area contributed by atoms with Crippen molar-refractivity contribution in [2.45, 2.75) is 25.7 Å². The van der Waals surface area contributed by atoms with Crippen LogP contribution in [-0.2, 0) is 0 Å². The van der Waals surface area contributed by atoms with Crippen LogP contribution in [0.25, 0.3) is 0 Å². The molecule has 0 saturated carbocycles. The van der Waals surface area contributed by atoms with Crippen LogP contribution in [0, 0.1) is 0 Å². The van der Waals surface area contributed by atoms with Crippen LogP contribution >= 0.6 is 0 Å². The average molecular weight is 434 g/mol. The second-order valence-corrected chi connectivity index (χ2v) is 7.79. The Bertz CT molecular complexity index is 1060. The van der Waals surface area contributed by atoms with Crippen LogP contribution in [0.1, 0.15) is 52.2 Å². The smallest absolute Gasteiger partial charge is 0.278 e. The first kappa shape index (κ1) is 21.5. The number of amides is 2. The number of ether oxygens (including phenoxy) is 1. The summed E-state index contributed by atoms with van der Waals surface area (Å²) in [6.07, 6.45) is 3.18. The SMILES string of the molecule is CCOc1ccc(C(=O)N2CCC(c3cc(C(=O)N(C)c4ccccc4)n[nH]3)CC2)cn1. The molecule has 3 aromatic rings. The van der Waals surface area contributed by atoms with E-state index in [9.17, 15) is 9.59 Å². The van der Waals surface area contributed by atoms with Gasteiger partial charge in [-0.3, -0.25) is 14.7 Å². The lowest BCUT2D eigenvalue weighted by Gasteiger charge is -2.31. The lowest BCUT2D eigenvalue weighted by molar-refractivity contribution is 0.0711. The number of nitrogens with one attached hydrogen (secondary N) is 1. The van der Waals surface area contributed by atoms with Gasteiger partial charge in [0.1, 0.15) is 0 Å². The number of benzene rings is 1. The van der Waals surface area contributed by atoms with Gasteiger partial charge in [-0.1, -0.05) is 18.2 Å². The Balaban J connectivity index is 1.35. The molecule has 0 spiro atoms. The topological polar surface area (TPSA) is 91.4 Å². The molecule has 1 saturated heterocycles. The molecule has 4 rings (SSSR count). The van der Waals surface area contributed by atoms with Crippen molar-refractivity contribution in [3.05, 3.63) is 71.7 Å². The van der Waals surface area contributed by atoms with E-state index in [0.717, 1.165) is 24.2 Å². The van der Waals surface area contributed by atoms with Crippen molar-refractivity contribution in [1.29, 1.82) is 0 Å². The highest BCUT2D eigenvalue weighted by molar-refractivity contribution is 6.04. The fraction of sp³-hybridized carbons (Fsp3) is 0.333. The van der Waals surface area contributed by atoms with Crippen LogP contribution in [0.4, 0.5) is 5.69 Å². The molecule has 8 heteroatoms. The Labute approximate surface area is 187 Å². The van der Waals surface area contributed by atoms with Gasteiger partial charge in [-0.25, -0.2) is 4.98 Å². The van der Waals surface area contributed by atoms with E-state index in [4.69, 9.17) is 4.74 Å². The molecule has 1 N–H and O–H groups in total. The third-order valence-corrected chi connectivity index (χ3v) is 5.76. The van der Waals surface area contributed by atoms with Crippen molar-refractivity contribution >= 4 is 17.5 Å². The van der Waals surface area contributed by atoms with E-state index in [0.29, 0.717) is 36.8 Å². The van der Waals surface area contributed by atoms with Gasteiger partial charge in [0.2, 0.25) is 5.88 Å². The van der Waals surface area contributed by atoms with Gasteiger partial charge in [-0.2, -0.15) is 5.10 Å². The third kappa shape index (κ3) is 4.64. The zero-order valence-electron chi connectivity index (χ0n) is 18.3. The molecule has 0 aliphatic carbocycles. The van der Waals surface area contributed by atoms with E-state index in [1.54, 1.807) is 30.3 Å². The quantitative estimate of drug-likeness (QED) is 0.642. The molecule has 1 aliphatic rings. The third-order valence-electron chi connectivity index (χ3n) is 5.76. The van der Waals surface area contributed by atoms with E-state index in [2.05, 4.69) is 15.2 Å². The Kier molecular flexibility index (Phi) is 6.49. The molecule has 0 unspecified atom stereocenters. The van der Waals surface area contributed by atoms with Crippen LogP contribution in [-0.4, -0.2) is 58.6 Å². The molecule has 2 amide bonds. The summed E-state index contributed by atoms with van der Waals surface area (Å²) in [6, 6.07) is 14.8. The van der Waals surface area contributed by atoms with Gasteiger partial charge in [-0.15, -0.1) is 0 Å². The Hall–Kier alpha value is -3.68. The highest BCUT2D eigenvalue weighted by Gasteiger charge is 2.27. The Morgan fingerprint density at radius 2 is 1.91 bits per heavy atom. The predicted octanol–water partition coefficient (Wildman–Crippen LogP) is 3.50. The van der Waals surface area contributed by atoms with E-state index in [1.807, 2.05) is 48.2 Å². The largest absolute Gasteiger partial charge is 0.478 e. The van der Waals surface area contributed by atoms with Crippen molar-refractivity contribution in [3.8, 4) is 5.88 Å². The number of hydrogen-bond donors (Lipinski definition) is 1. The number of likely N-dealkylation sites (tertiary alicyclic amines) is 1. The van der Waals surface area contributed by atoms with E-state index in [-0.39, 0.29) is 17.7 Å². The second kappa shape index (κ2) is 9.64. The minimum absolute atomic E-state index is 0.0241. The maximum absolute atomic E-state index is 12.8. The summed E-state index contributed by atoms with van der Waals surface area (Å²) in [6.45, 7) is 3.72. The fourth-order valence-electron chi connectivity index (χ4n) is 3.91. The van der Waals surface area contributed by atoms with Crippen LogP contribution in [0.5, 0.6) is 5.88 Å². The number of carbonyl (C=O) groups excluding carboxylic acids is 2. The normalized spacial score (nSPS) is 14.2. The second-order valence-electron chi connectivity index (χ2n) is 7.79. The maximum atomic E-state index is 12.8. The highest BCUT2D eigenvalue weighted by Crippen LogP contribution is 2.28. The van der Waals surface area contributed by atoms with Gasteiger partial charge in [-0.05, 0) is 44.0 Å². The van der Waals surface area contributed by atoms with Gasteiger partial charge in [0, 0.05) is 49.7 Å². The molecule has 8 nitrogen and oxygen atoms in total. The van der Waals surface area contributed by atoms with Crippen LogP contribution in [0.2, 0.25) is 0 Å². The maximum Gasteiger partial charge on any atom is 0.278 e. The van der Waals surface area contributed by atoms with Gasteiger partial charge in [0.25, 0.3) is 11.8 Å². The summed E-state index contributed by atoms with van der Waals surface area (Å²) in [4.78, 5) is 33.2. The molecule has 2 aromatic heterocycles. The van der Waals surface area contributed by atoms with Crippen molar-refractivity contribution in [2.24, 2.45) is 0 Å². The lowest BCUT2D eigenvalue weighted by Crippen LogP contribution is -2.38. The first-order valence-corrected chi connectivity index (χ1v) is 10.8. The number of carbonyl (C=O) groups is 2. The molecular formula is C24H27N5O3. The Morgan fingerprint density at radius 3 is 2.56 bits per heavy atom. The standard InChI is InChI=1S/C24H27N5O3/c1-3-32-22-10-9-18(16-25-22)23(30)29-13-11-17(12-14-29)20-15-21(27-26-20)24(31)28(2)19-7-5-4-6-8-19/h4-10,15-17H,3,11-14H2,1-2H3,(H,26,27). The van der Waals surface area contributed by atoms with Gasteiger partial charge >= 0.3 is 0 Å². The number of H-pyrrole nitrogens is 1. The van der Waals surface area contributed by atoms with Crippen LogP contribution in [0.3, 0.4) is 0 Å². The molecule has 166 valence electrons. The lowest BCUT2D eigenvalue weighted by atomic mass is 9.93. The van der Waals surface area contributed by atoms with E-state index < -0.39 is 0 Å². The number of para-hydroxylation sites is 1. The summed E-state index contributed by atoms with van der Waals surface area (Å²) >= 11 is 0. The molecule has 0 bridgehead atoms. The number of rotatable bonds is 6. The van der Waals surface area contributed by atoms with E-state index in [1.165, 1.54) is 0 Å². The minimum Gasteiger partial charge on any atom is -0.478 e. The number of hydrogen-bond acceptors (Lipinski definition) is 5. The number of aromatic amines is 1. The number of piperidine rings is 1. The molecule has 1 fully saturated rings. The fourth-order valence-corrected chi connectivity index (χ4v) is 3.91. The molecule has 0 radical (unpaired) electrons. The predicted molar refractivity (Wildman–Crippen MR) is 121 cm³/mol. The van der Waals surface area contributed by atoms with Crippen molar-refractivity contribution in [1.82, 2.24) is 20.1 Å². The first-order valence-electron chi connectivity index (χ1n) is 10.8. The van der Waals surface area contributed by atoms with Crippen molar-refractivity contribution in [3.63, 3.8) is 0 Å². The highest BCUT2D eigenvalue weighted by atomic mass is 16.5. The summed E-state index contributed by atoms with van der Waals surface area (Å²) in [5.41, 5.74) is 2.71. The number of anilines is 1. The summed E-state index contributed by atoms with van der Waals surface area (Å²) in [5.74, 6) is 0.567. The summed E-state index contributed by atoms with van der Waals surface area (Å²) in [7, 11) is 1.74. The van der Waals surface area contributed by atoms with Gasteiger partial charge in [0.05, 0.1) is 12.2 Å². The molecule has 32 heavy (non-hydrogen) atoms. The Morgan fingerprint density at radius 1 is 1.16 bits per heavy atom. The van der Waals surface area contributed by atoms with E-state index >= 15 is 0 Å². The molecule has 1 aliphatic heterocycles. The molecule has 1 aromatic carbocycles. The zero-order chi connectivity index (χ0) is 22.5. The average Bonchev–Trinajstić information content (AvgIpc) is 3.34. The molecular weight excluding hydrogens is 406 g/mol. The molecule has 0 atom stereocenters. The first-order chi connectivity index (χ1) is 15.6. The zero-order valence-corrected chi connectivity index (χ0v) is 18.3. The van der Waals surface area contributed by atoms with Crippen LogP contribution < -0.4 is 9.64 Å². The van der Waals surface area contributed by atoms with Gasteiger partial charge in [0.15, 0.2) is 5.69 Å². The number of nitrogens with zero attached hydrogens (tertiary/aromatic N) is 4. The summed E-state index contributed by atoms with van der Waals surface area (Å²) < 4.78 is 5.34. The minimum atomic E-state index is -0.158. The van der Waals surface area contributed by atoms with Crippen molar-refractivity contribution < 1.29 is 14.3 Å². The summed E-state index contributed by atoms with van der Waals surface area (Å²) in [5, 5.41) is 7.28. The van der Waals surface area contributed by atoms with Gasteiger partial charge < -0.3 is 14.5 Å². The molecule has 3 heterocycles. The monoisotopic (exact) mass is 433 g/mol. The van der Waals surface area contributed by atoms with Crippen molar-refractivity contribution in [2.75, 3.05) is 31.6 Å². The van der Waals surface area contributed by atoms with Crippen LogP contribution in [0.15, 0.2) is 54.7 Å². The number of pyridine rings is 1.